The summed E-state index contributed by atoms with van der Waals surface area (Å²) in [6, 6.07) is 21.8. The van der Waals surface area contributed by atoms with E-state index in [9.17, 15) is 9.59 Å². The Morgan fingerprint density at radius 2 is 1.31 bits per heavy atom. The zero-order valence-electron chi connectivity index (χ0n) is 23.5. The van der Waals surface area contributed by atoms with E-state index in [-0.39, 0.29) is 0 Å². The maximum atomic E-state index is 11.8. The number of likely N-dealkylation sites (tertiary alicyclic amines) is 3. The van der Waals surface area contributed by atoms with Gasteiger partial charge in [-0.15, -0.1) is 0 Å². The Morgan fingerprint density at radius 3 is 1.79 bits per heavy atom. The van der Waals surface area contributed by atoms with Gasteiger partial charge in [0.15, 0.2) is 0 Å². The molecule has 1 amide bonds. The Labute approximate surface area is 244 Å². The van der Waals surface area contributed by atoms with Crippen LogP contribution >= 0.6 is 15.9 Å². The number of ketones is 1. The lowest BCUT2D eigenvalue weighted by molar-refractivity contribution is -0.130. The molecule has 0 N–H and O–H groups in total. The van der Waals surface area contributed by atoms with Crippen LogP contribution in [0.2, 0.25) is 0 Å². The molecule has 0 spiro atoms. The fourth-order valence-electron chi connectivity index (χ4n) is 6.16. The van der Waals surface area contributed by atoms with Gasteiger partial charge in [-0.2, -0.15) is 0 Å². The van der Waals surface area contributed by atoms with Gasteiger partial charge >= 0.3 is 0 Å². The van der Waals surface area contributed by atoms with E-state index in [1.165, 1.54) is 24.0 Å². The van der Waals surface area contributed by atoms with Crippen molar-refractivity contribution in [1.29, 1.82) is 0 Å². The first-order chi connectivity index (χ1) is 19.1. The van der Waals surface area contributed by atoms with Gasteiger partial charge in [0.25, 0.3) is 0 Å². The first kappa shape index (κ1) is 30.0. The van der Waals surface area contributed by atoms with Gasteiger partial charge in [0.2, 0.25) is 5.91 Å². The van der Waals surface area contributed by atoms with Crippen molar-refractivity contribution < 1.29 is 9.59 Å². The van der Waals surface area contributed by atoms with Crippen LogP contribution in [0.3, 0.4) is 0 Å². The van der Waals surface area contributed by atoms with E-state index in [0.29, 0.717) is 23.7 Å². The van der Waals surface area contributed by atoms with Gasteiger partial charge < -0.3 is 4.90 Å². The second-order valence-electron chi connectivity index (χ2n) is 11.4. The SMILES string of the molecule is O=C(CCCBr)CC1CCN(Cc2ccccc2)CC1.O=C1CCCN1C1CCN(Cc2ccccc2)CC1. The Balaban J connectivity index is 0.000000181. The number of carbonyl (C=O) groups is 2. The van der Waals surface area contributed by atoms with Crippen molar-refractivity contribution in [3.05, 3.63) is 71.8 Å². The summed E-state index contributed by atoms with van der Waals surface area (Å²) in [6.07, 6.45) is 8.97. The fraction of sp³-hybridized carbons (Fsp3) is 0.576. The van der Waals surface area contributed by atoms with Crippen LogP contribution in [0.1, 0.15) is 68.9 Å². The first-order valence-electron chi connectivity index (χ1n) is 15.0. The summed E-state index contributed by atoms with van der Waals surface area (Å²) in [5.74, 6) is 1.44. The van der Waals surface area contributed by atoms with Gasteiger partial charge in [-0.05, 0) is 68.7 Å². The molecule has 5 nitrogen and oxygen atoms in total. The number of amides is 1. The third-order valence-electron chi connectivity index (χ3n) is 8.42. The normalized spacial score (nSPS) is 19.6. The standard InChI is InChI=1S/C17H24BrNO.C16H22N2O/c18-10-4-7-17(20)13-15-8-11-19(12-9-15)14-16-5-2-1-3-6-16;19-16-7-4-10-18(16)15-8-11-17(12-9-15)13-14-5-2-1-3-6-14/h1-3,5-6,15H,4,7-14H2;1-3,5-6,15H,4,7-13H2. The van der Waals surface area contributed by atoms with E-state index in [1.807, 2.05) is 0 Å². The van der Waals surface area contributed by atoms with Crippen molar-refractivity contribution in [3.63, 3.8) is 0 Å². The molecule has 2 aromatic rings. The number of hydrogen-bond donors (Lipinski definition) is 0. The lowest BCUT2D eigenvalue weighted by atomic mass is 9.90. The summed E-state index contributed by atoms with van der Waals surface area (Å²) in [5, 5.41) is 0.939. The summed E-state index contributed by atoms with van der Waals surface area (Å²) in [7, 11) is 0. The van der Waals surface area contributed by atoms with Gasteiger partial charge in [-0.25, -0.2) is 0 Å². The lowest BCUT2D eigenvalue weighted by Gasteiger charge is -2.36. The topological polar surface area (TPSA) is 43.9 Å². The van der Waals surface area contributed by atoms with Gasteiger partial charge in [0.1, 0.15) is 5.78 Å². The Hall–Kier alpha value is -2.02. The number of hydrogen-bond acceptors (Lipinski definition) is 4. The molecular formula is C33H46BrN3O2. The molecule has 0 radical (unpaired) electrons. The maximum absolute atomic E-state index is 11.8. The Morgan fingerprint density at radius 1 is 0.769 bits per heavy atom. The van der Waals surface area contributed by atoms with Crippen molar-refractivity contribution in [2.75, 3.05) is 38.1 Å². The van der Waals surface area contributed by atoms with Crippen molar-refractivity contribution in [3.8, 4) is 0 Å². The molecule has 3 heterocycles. The van der Waals surface area contributed by atoms with E-state index in [0.717, 1.165) is 96.1 Å². The molecule has 2 aromatic carbocycles. The van der Waals surface area contributed by atoms with Gasteiger partial charge in [-0.3, -0.25) is 19.4 Å². The van der Waals surface area contributed by atoms with Gasteiger partial charge in [0, 0.05) is 63.4 Å². The van der Waals surface area contributed by atoms with E-state index in [2.05, 4.69) is 91.3 Å². The van der Waals surface area contributed by atoms with Crippen molar-refractivity contribution in [1.82, 2.24) is 14.7 Å². The minimum atomic E-state index is 0.376. The molecule has 0 saturated carbocycles. The van der Waals surface area contributed by atoms with Crippen molar-refractivity contribution in [2.45, 2.75) is 76.9 Å². The molecular weight excluding hydrogens is 550 g/mol. The molecule has 3 aliphatic heterocycles. The van der Waals surface area contributed by atoms with Crippen LogP contribution in [0.5, 0.6) is 0 Å². The zero-order valence-corrected chi connectivity index (χ0v) is 25.1. The highest BCUT2D eigenvalue weighted by atomic mass is 79.9. The monoisotopic (exact) mass is 595 g/mol. The van der Waals surface area contributed by atoms with Crippen LogP contribution in [0.4, 0.5) is 0 Å². The van der Waals surface area contributed by atoms with Crippen LogP contribution < -0.4 is 0 Å². The summed E-state index contributed by atoms with van der Waals surface area (Å²) in [5.41, 5.74) is 2.78. The number of carbonyl (C=O) groups excluding carboxylic acids is 2. The van der Waals surface area contributed by atoms with Crippen molar-refractivity contribution in [2.24, 2.45) is 5.92 Å². The minimum absolute atomic E-state index is 0.376. The fourth-order valence-corrected chi connectivity index (χ4v) is 6.44. The lowest BCUT2D eigenvalue weighted by Crippen LogP contribution is -2.45. The molecule has 3 saturated heterocycles. The predicted octanol–water partition coefficient (Wildman–Crippen LogP) is 6.31. The molecule has 0 aromatic heterocycles. The second kappa shape index (κ2) is 16.3. The third kappa shape index (κ3) is 10.1. The van der Waals surface area contributed by atoms with Crippen LogP contribution in [-0.4, -0.2) is 70.5 Å². The number of piperidine rings is 2. The minimum Gasteiger partial charge on any atom is -0.340 e. The highest BCUT2D eigenvalue weighted by Crippen LogP contribution is 2.24. The number of halogens is 1. The first-order valence-corrected chi connectivity index (χ1v) is 16.1. The molecule has 0 bridgehead atoms. The number of Topliss-reactive ketones (excluding diaryl/α,β-unsaturated/α-hetero) is 1. The van der Waals surface area contributed by atoms with E-state index < -0.39 is 0 Å². The molecule has 3 aliphatic rings. The number of rotatable bonds is 10. The highest BCUT2D eigenvalue weighted by molar-refractivity contribution is 9.09. The number of nitrogens with zero attached hydrogens (tertiary/aromatic N) is 3. The number of alkyl halides is 1. The molecule has 3 fully saturated rings. The second-order valence-corrected chi connectivity index (χ2v) is 12.2. The third-order valence-corrected chi connectivity index (χ3v) is 8.98. The summed E-state index contributed by atoms with van der Waals surface area (Å²) >= 11 is 3.38. The summed E-state index contributed by atoms with van der Waals surface area (Å²) < 4.78 is 0. The largest absolute Gasteiger partial charge is 0.340 e. The summed E-state index contributed by atoms with van der Waals surface area (Å²) in [6.45, 7) is 7.57. The summed E-state index contributed by atoms with van der Waals surface area (Å²) in [4.78, 5) is 30.7. The predicted molar refractivity (Wildman–Crippen MR) is 163 cm³/mol. The highest BCUT2D eigenvalue weighted by Gasteiger charge is 2.30. The van der Waals surface area contributed by atoms with Crippen LogP contribution in [0, 0.1) is 5.92 Å². The average Bonchev–Trinajstić information content (AvgIpc) is 3.40. The molecule has 39 heavy (non-hydrogen) atoms. The quantitative estimate of drug-likeness (QED) is 0.302. The molecule has 5 rings (SSSR count). The smallest absolute Gasteiger partial charge is 0.222 e. The van der Waals surface area contributed by atoms with E-state index in [1.54, 1.807) is 0 Å². The van der Waals surface area contributed by atoms with Gasteiger partial charge in [-0.1, -0.05) is 76.6 Å². The van der Waals surface area contributed by atoms with Crippen LogP contribution in [-0.2, 0) is 22.7 Å². The van der Waals surface area contributed by atoms with Crippen LogP contribution in [0.15, 0.2) is 60.7 Å². The molecule has 6 heteroatoms. The maximum Gasteiger partial charge on any atom is 0.222 e. The Kier molecular flexibility index (Phi) is 12.5. The molecule has 212 valence electrons. The van der Waals surface area contributed by atoms with Gasteiger partial charge in [0.05, 0.1) is 0 Å². The van der Waals surface area contributed by atoms with Crippen molar-refractivity contribution >= 4 is 27.6 Å². The van der Waals surface area contributed by atoms with Crippen LogP contribution in [0.25, 0.3) is 0 Å². The zero-order chi connectivity index (χ0) is 27.3. The number of benzene rings is 2. The van der Waals surface area contributed by atoms with E-state index in [4.69, 9.17) is 0 Å². The molecule has 0 unspecified atom stereocenters. The van der Waals surface area contributed by atoms with E-state index >= 15 is 0 Å². The Bertz CT molecular complexity index is 987. The molecule has 0 atom stereocenters. The molecule has 0 aliphatic carbocycles. The average molecular weight is 597 g/mol.